The standard InChI is InChI=1S/C19H23N3O6/c1-11(23)4-7-16-20-14-6-5-12(8-15(14)21-16)22-10-28-9-13(18(24)26-2)17(22)19(25)27-3/h5-6,8,11,23H,4,7,9-10H2,1-3H3,(H,20,21). The van der Waals surface area contributed by atoms with Gasteiger partial charge < -0.3 is 29.2 Å². The largest absolute Gasteiger partial charge is 0.466 e. The van der Waals surface area contributed by atoms with Gasteiger partial charge in [-0.05, 0) is 31.5 Å². The first-order chi connectivity index (χ1) is 13.4. The van der Waals surface area contributed by atoms with Crippen LogP contribution in [0.25, 0.3) is 11.0 Å². The Morgan fingerprint density at radius 1 is 1.32 bits per heavy atom. The second kappa shape index (κ2) is 8.41. The number of rotatable bonds is 6. The normalized spacial score (nSPS) is 15.6. The van der Waals surface area contributed by atoms with Crippen molar-refractivity contribution < 1.29 is 28.9 Å². The zero-order valence-electron chi connectivity index (χ0n) is 16.0. The lowest BCUT2D eigenvalue weighted by atomic mass is 10.1. The molecule has 1 aromatic heterocycles. The monoisotopic (exact) mass is 389 g/mol. The van der Waals surface area contributed by atoms with Crippen molar-refractivity contribution in [2.24, 2.45) is 0 Å². The highest BCUT2D eigenvalue weighted by molar-refractivity contribution is 6.03. The van der Waals surface area contributed by atoms with E-state index in [0.717, 1.165) is 16.9 Å². The molecule has 1 aliphatic rings. The van der Waals surface area contributed by atoms with Crippen molar-refractivity contribution >= 4 is 28.7 Å². The van der Waals surface area contributed by atoms with E-state index in [1.165, 1.54) is 14.2 Å². The number of methoxy groups -OCH3 is 2. The number of benzene rings is 1. The second-order valence-corrected chi connectivity index (χ2v) is 6.49. The summed E-state index contributed by atoms with van der Waals surface area (Å²) < 4.78 is 15.1. The highest BCUT2D eigenvalue weighted by Crippen LogP contribution is 2.29. The highest BCUT2D eigenvalue weighted by atomic mass is 16.5. The summed E-state index contributed by atoms with van der Waals surface area (Å²) in [5.41, 5.74) is 2.36. The van der Waals surface area contributed by atoms with Crippen molar-refractivity contribution in [1.29, 1.82) is 0 Å². The van der Waals surface area contributed by atoms with E-state index in [-0.39, 0.29) is 24.6 Å². The van der Waals surface area contributed by atoms with Gasteiger partial charge in [-0.1, -0.05) is 0 Å². The number of aromatic nitrogens is 2. The number of aromatic amines is 1. The van der Waals surface area contributed by atoms with E-state index >= 15 is 0 Å². The molecular formula is C19H23N3O6. The molecule has 0 radical (unpaired) electrons. The van der Waals surface area contributed by atoms with Crippen molar-refractivity contribution in [3.8, 4) is 0 Å². The third kappa shape index (κ3) is 4.00. The van der Waals surface area contributed by atoms with Gasteiger partial charge in [0.2, 0.25) is 0 Å². The molecule has 1 aliphatic heterocycles. The number of esters is 2. The summed E-state index contributed by atoms with van der Waals surface area (Å²) in [6.45, 7) is 1.78. The molecule has 2 aromatic rings. The fraction of sp³-hybridized carbons (Fsp3) is 0.421. The van der Waals surface area contributed by atoms with Crippen molar-refractivity contribution in [2.75, 3.05) is 32.5 Å². The average molecular weight is 389 g/mol. The van der Waals surface area contributed by atoms with Gasteiger partial charge in [-0.3, -0.25) is 0 Å². The number of ether oxygens (including phenoxy) is 3. The van der Waals surface area contributed by atoms with Crippen LogP contribution >= 0.6 is 0 Å². The molecule has 1 unspecified atom stereocenters. The Morgan fingerprint density at radius 2 is 2.07 bits per heavy atom. The van der Waals surface area contributed by atoms with Gasteiger partial charge in [0.25, 0.3) is 0 Å². The fourth-order valence-electron chi connectivity index (χ4n) is 3.03. The smallest absolute Gasteiger partial charge is 0.355 e. The number of aliphatic hydroxyl groups excluding tert-OH is 1. The lowest BCUT2D eigenvalue weighted by Gasteiger charge is -2.31. The quantitative estimate of drug-likeness (QED) is 0.710. The summed E-state index contributed by atoms with van der Waals surface area (Å²) in [5, 5.41) is 9.45. The van der Waals surface area contributed by atoms with Crippen molar-refractivity contribution in [3.05, 3.63) is 35.3 Å². The number of nitrogens with one attached hydrogen (secondary N) is 1. The van der Waals surface area contributed by atoms with Crippen LogP contribution in [0.5, 0.6) is 0 Å². The number of nitrogens with zero attached hydrogens (tertiary/aromatic N) is 2. The number of aliphatic hydroxyl groups is 1. The van der Waals surface area contributed by atoms with Gasteiger partial charge >= 0.3 is 11.9 Å². The maximum Gasteiger partial charge on any atom is 0.355 e. The van der Waals surface area contributed by atoms with Crippen LogP contribution in [0.1, 0.15) is 19.2 Å². The van der Waals surface area contributed by atoms with Crippen molar-refractivity contribution in [1.82, 2.24) is 9.97 Å². The van der Waals surface area contributed by atoms with Gasteiger partial charge in [0.1, 0.15) is 18.3 Å². The minimum absolute atomic E-state index is 0.0383. The number of carbonyl (C=O) groups is 2. The van der Waals surface area contributed by atoms with Gasteiger partial charge in [-0.15, -0.1) is 0 Å². The molecule has 0 amide bonds. The number of fused-ring (bicyclic) bond motifs is 1. The number of H-pyrrole nitrogens is 1. The molecule has 150 valence electrons. The average Bonchev–Trinajstić information content (AvgIpc) is 3.12. The molecule has 3 rings (SSSR count). The van der Waals surface area contributed by atoms with Gasteiger partial charge in [-0.2, -0.15) is 0 Å². The summed E-state index contributed by atoms with van der Waals surface area (Å²) >= 11 is 0. The third-order valence-corrected chi connectivity index (χ3v) is 4.46. The molecule has 1 atom stereocenters. The first-order valence-corrected chi connectivity index (χ1v) is 8.86. The maximum atomic E-state index is 12.4. The summed E-state index contributed by atoms with van der Waals surface area (Å²) in [4.78, 5) is 33.7. The molecule has 2 N–H and O–H groups in total. The minimum Gasteiger partial charge on any atom is -0.466 e. The molecule has 0 aliphatic carbocycles. The van der Waals surface area contributed by atoms with Crippen LogP contribution in [0.15, 0.2) is 29.5 Å². The predicted molar refractivity (Wildman–Crippen MR) is 100 cm³/mol. The molecule has 9 heteroatoms. The summed E-state index contributed by atoms with van der Waals surface area (Å²) in [7, 11) is 2.50. The lowest BCUT2D eigenvalue weighted by molar-refractivity contribution is -0.140. The number of hydrogen-bond acceptors (Lipinski definition) is 8. The zero-order chi connectivity index (χ0) is 20.3. The second-order valence-electron chi connectivity index (χ2n) is 6.49. The van der Waals surface area contributed by atoms with Crippen molar-refractivity contribution in [2.45, 2.75) is 25.9 Å². The molecule has 0 saturated carbocycles. The Balaban J connectivity index is 1.99. The van der Waals surface area contributed by atoms with Crippen LogP contribution in [0.2, 0.25) is 0 Å². The molecule has 28 heavy (non-hydrogen) atoms. The topological polar surface area (TPSA) is 114 Å². The molecule has 9 nitrogen and oxygen atoms in total. The maximum absolute atomic E-state index is 12.4. The Bertz CT molecular complexity index is 918. The van der Waals surface area contributed by atoms with E-state index in [1.807, 2.05) is 12.1 Å². The predicted octanol–water partition coefficient (Wildman–Crippen LogP) is 1.27. The van der Waals surface area contributed by atoms with Crippen LogP contribution in [0, 0.1) is 0 Å². The first-order valence-electron chi connectivity index (χ1n) is 8.86. The van der Waals surface area contributed by atoms with E-state index in [9.17, 15) is 14.7 Å². The SMILES string of the molecule is COC(=O)C1=C(C(=O)OC)N(c2ccc3nc(CCC(C)O)[nH]c3c2)COC1. The molecule has 1 aromatic carbocycles. The molecule has 0 bridgehead atoms. The van der Waals surface area contributed by atoms with E-state index in [1.54, 1.807) is 17.9 Å². The summed E-state index contributed by atoms with van der Waals surface area (Å²) in [6, 6.07) is 5.42. The van der Waals surface area contributed by atoms with Crippen LogP contribution in [0.3, 0.4) is 0 Å². The summed E-state index contributed by atoms with van der Waals surface area (Å²) in [5.74, 6) is -0.527. The van der Waals surface area contributed by atoms with E-state index < -0.39 is 18.0 Å². The highest BCUT2D eigenvalue weighted by Gasteiger charge is 2.32. The molecule has 0 spiro atoms. The number of hydrogen-bond donors (Lipinski definition) is 2. The Hall–Kier alpha value is -2.91. The van der Waals surface area contributed by atoms with E-state index in [4.69, 9.17) is 14.2 Å². The zero-order valence-corrected chi connectivity index (χ0v) is 16.0. The van der Waals surface area contributed by atoms with Crippen LogP contribution < -0.4 is 4.90 Å². The molecule has 0 saturated heterocycles. The van der Waals surface area contributed by atoms with E-state index in [2.05, 4.69) is 9.97 Å². The van der Waals surface area contributed by atoms with Gasteiger partial charge in [-0.25, -0.2) is 14.6 Å². The number of carbonyl (C=O) groups excluding carboxylic acids is 2. The molecular weight excluding hydrogens is 366 g/mol. The Morgan fingerprint density at radius 3 is 2.75 bits per heavy atom. The van der Waals surface area contributed by atoms with Crippen LogP contribution in [0.4, 0.5) is 5.69 Å². The fourth-order valence-corrected chi connectivity index (χ4v) is 3.03. The van der Waals surface area contributed by atoms with Gasteiger partial charge in [0, 0.05) is 12.1 Å². The number of imidazole rings is 1. The molecule has 0 fully saturated rings. The minimum atomic E-state index is -0.647. The first kappa shape index (κ1) is 19.8. The van der Waals surface area contributed by atoms with E-state index in [0.29, 0.717) is 18.5 Å². The molecule has 2 heterocycles. The Labute approximate surface area is 161 Å². The van der Waals surface area contributed by atoms with Crippen molar-refractivity contribution in [3.63, 3.8) is 0 Å². The van der Waals surface area contributed by atoms with Crippen LogP contribution in [-0.2, 0) is 30.2 Å². The third-order valence-electron chi connectivity index (χ3n) is 4.46. The number of anilines is 1. The summed E-state index contributed by atoms with van der Waals surface area (Å²) in [6.07, 6.45) is 0.817. The number of aryl methyl sites for hydroxylation is 1. The lowest BCUT2D eigenvalue weighted by Crippen LogP contribution is -2.38. The van der Waals surface area contributed by atoms with Gasteiger partial charge in [0.05, 0.1) is 43.5 Å². The Kier molecular flexibility index (Phi) is 5.96. The van der Waals surface area contributed by atoms with Gasteiger partial charge in [0.15, 0.2) is 0 Å². The van der Waals surface area contributed by atoms with Crippen LogP contribution in [-0.4, -0.2) is 60.7 Å².